The van der Waals surface area contributed by atoms with E-state index in [-0.39, 0.29) is 0 Å². The van der Waals surface area contributed by atoms with Gasteiger partial charge in [0.25, 0.3) is 0 Å². The van der Waals surface area contributed by atoms with E-state index < -0.39 is 0 Å². The van der Waals surface area contributed by atoms with Crippen LogP contribution in [0, 0.1) is 25.2 Å². The fraction of sp³-hybridized carbons (Fsp3) is 0.222. The van der Waals surface area contributed by atoms with E-state index in [0.717, 1.165) is 16.8 Å². The van der Waals surface area contributed by atoms with Crippen molar-refractivity contribution in [2.24, 2.45) is 0 Å². The largest absolute Gasteiger partial charge is 0.399 e. The van der Waals surface area contributed by atoms with Crippen LogP contribution in [0.1, 0.15) is 16.7 Å². The summed E-state index contributed by atoms with van der Waals surface area (Å²) >= 11 is 0. The van der Waals surface area contributed by atoms with Crippen LogP contribution in [0.5, 0.6) is 0 Å². The van der Waals surface area contributed by atoms with Crippen LogP contribution in [-0.4, -0.2) is 0 Å². The number of nitriles is 1. The molecule has 0 aliphatic rings. The molecule has 2 nitrogen and oxygen atoms in total. The highest BCUT2D eigenvalue weighted by Gasteiger charge is 1.99. The van der Waals surface area contributed by atoms with Crippen molar-refractivity contribution in [3.63, 3.8) is 0 Å². The number of nitrogens with zero attached hydrogens (tertiary/aromatic N) is 1. The Balaban J connectivity index is 3.35. The number of rotatable bonds is 0. The molecule has 0 aliphatic heterocycles. The maximum Gasteiger partial charge on any atom is 0.0994 e. The lowest BCUT2D eigenvalue weighted by Gasteiger charge is -2.02. The fourth-order valence-corrected chi connectivity index (χ4v) is 0.959. The Morgan fingerprint density at radius 1 is 1.27 bits per heavy atom. The first-order valence-corrected chi connectivity index (χ1v) is 3.42. The topological polar surface area (TPSA) is 49.8 Å². The molecule has 2 N–H and O–H groups in total. The van der Waals surface area contributed by atoms with Crippen molar-refractivity contribution < 1.29 is 0 Å². The normalized spacial score (nSPS) is 9.18. The lowest BCUT2D eigenvalue weighted by Crippen LogP contribution is -1.92. The highest BCUT2D eigenvalue weighted by atomic mass is 14.6. The minimum Gasteiger partial charge on any atom is -0.399 e. The molecule has 1 aromatic carbocycles. The lowest BCUT2D eigenvalue weighted by molar-refractivity contribution is 1.35. The predicted molar refractivity (Wildman–Crippen MR) is 45.0 cm³/mol. The van der Waals surface area contributed by atoms with Gasteiger partial charge in [-0.05, 0) is 37.1 Å². The second-order valence-corrected chi connectivity index (χ2v) is 2.64. The van der Waals surface area contributed by atoms with E-state index in [2.05, 4.69) is 6.07 Å². The molecule has 0 fully saturated rings. The zero-order valence-corrected chi connectivity index (χ0v) is 6.68. The van der Waals surface area contributed by atoms with Crippen molar-refractivity contribution in [1.29, 1.82) is 5.26 Å². The van der Waals surface area contributed by atoms with Crippen LogP contribution >= 0.6 is 0 Å². The summed E-state index contributed by atoms with van der Waals surface area (Å²) in [5.74, 6) is 0. The summed E-state index contributed by atoms with van der Waals surface area (Å²) in [7, 11) is 0. The van der Waals surface area contributed by atoms with Crippen LogP contribution in [-0.2, 0) is 0 Å². The first-order chi connectivity index (χ1) is 5.15. The van der Waals surface area contributed by atoms with Crippen molar-refractivity contribution in [3.8, 4) is 6.07 Å². The third-order valence-electron chi connectivity index (χ3n) is 1.73. The second kappa shape index (κ2) is 2.63. The molecule has 0 aliphatic carbocycles. The molecule has 0 saturated carbocycles. The maximum atomic E-state index is 8.64. The molecule has 56 valence electrons. The number of nitrogen functional groups attached to an aromatic ring is 1. The zero-order chi connectivity index (χ0) is 8.43. The number of benzene rings is 1. The molecule has 0 radical (unpaired) electrons. The molecular weight excluding hydrogens is 136 g/mol. The number of nitrogens with two attached hydrogens (primary N) is 1. The van der Waals surface area contributed by atoms with E-state index in [1.54, 1.807) is 0 Å². The molecule has 1 aromatic rings. The summed E-state index contributed by atoms with van der Waals surface area (Å²) < 4.78 is 0. The highest BCUT2D eigenvalue weighted by molar-refractivity contribution is 5.54. The van der Waals surface area contributed by atoms with Crippen molar-refractivity contribution in [3.05, 3.63) is 28.8 Å². The van der Waals surface area contributed by atoms with E-state index in [0.29, 0.717) is 5.56 Å². The monoisotopic (exact) mass is 146 g/mol. The third-order valence-corrected chi connectivity index (χ3v) is 1.73. The van der Waals surface area contributed by atoms with Crippen LogP contribution in [0.2, 0.25) is 0 Å². The molecule has 0 saturated heterocycles. The van der Waals surface area contributed by atoms with Crippen LogP contribution in [0.25, 0.3) is 0 Å². The first kappa shape index (κ1) is 7.62. The Kier molecular flexibility index (Phi) is 1.82. The molecular formula is C9H10N2. The predicted octanol–water partition coefficient (Wildman–Crippen LogP) is 1.76. The van der Waals surface area contributed by atoms with E-state index in [1.165, 1.54) is 0 Å². The van der Waals surface area contributed by atoms with Crippen molar-refractivity contribution >= 4 is 5.69 Å². The summed E-state index contributed by atoms with van der Waals surface area (Å²) in [4.78, 5) is 0. The second-order valence-electron chi connectivity index (χ2n) is 2.64. The Morgan fingerprint density at radius 3 is 2.45 bits per heavy atom. The van der Waals surface area contributed by atoms with E-state index in [9.17, 15) is 0 Å². The molecule has 0 heterocycles. The standard InChI is InChI=1S/C9H10N2/c1-6-4-9(11)7(2)3-8(6)5-10/h3-4H,11H2,1-2H3. The number of hydrogen-bond acceptors (Lipinski definition) is 2. The summed E-state index contributed by atoms with van der Waals surface area (Å²) in [5, 5.41) is 8.64. The fourth-order valence-electron chi connectivity index (χ4n) is 0.959. The van der Waals surface area contributed by atoms with E-state index >= 15 is 0 Å². The number of aryl methyl sites for hydroxylation is 2. The van der Waals surface area contributed by atoms with Gasteiger partial charge in [0, 0.05) is 5.69 Å². The van der Waals surface area contributed by atoms with Gasteiger partial charge in [0.2, 0.25) is 0 Å². The molecule has 0 unspecified atom stereocenters. The first-order valence-electron chi connectivity index (χ1n) is 3.42. The molecule has 0 spiro atoms. The van der Waals surface area contributed by atoms with Gasteiger partial charge in [-0.15, -0.1) is 0 Å². The average Bonchev–Trinajstić information content (AvgIpc) is 1.97. The summed E-state index contributed by atoms with van der Waals surface area (Å²) in [6.07, 6.45) is 0. The minimum atomic E-state index is 0.705. The summed E-state index contributed by atoms with van der Waals surface area (Å²) in [5.41, 5.74) is 9.00. The smallest absolute Gasteiger partial charge is 0.0994 e. The molecule has 11 heavy (non-hydrogen) atoms. The molecule has 0 aromatic heterocycles. The zero-order valence-electron chi connectivity index (χ0n) is 6.68. The van der Waals surface area contributed by atoms with Crippen LogP contribution < -0.4 is 5.73 Å². The highest BCUT2D eigenvalue weighted by Crippen LogP contribution is 2.16. The van der Waals surface area contributed by atoms with Gasteiger partial charge in [-0.25, -0.2) is 0 Å². The molecule has 1 rings (SSSR count). The van der Waals surface area contributed by atoms with Gasteiger partial charge < -0.3 is 5.73 Å². The van der Waals surface area contributed by atoms with Gasteiger partial charge in [-0.3, -0.25) is 0 Å². The Morgan fingerprint density at radius 2 is 1.91 bits per heavy atom. The third kappa shape index (κ3) is 1.32. The quantitative estimate of drug-likeness (QED) is 0.567. The number of hydrogen-bond donors (Lipinski definition) is 1. The van der Waals surface area contributed by atoms with Crippen molar-refractivity contribution in [2.45, 2.75) is 13.8 Å². The molecule has 0 bridgehead atoms. The van der Waals surface area contributed by atoms with Crippen LogP contribution in [0.4, 0.5) is 5.69 Å². The van der Waals surface area contributed by atoms with Gasteiger partial charge in [-0.2, -0.15) is 5.26 Å². The molecule has 0 atom stereocenters. The average molecular weight is 146 g/mol. The van der Waals surface area contributed by atoms with Gasteiger partial charge in [0.15, 0.2) is 0 Å². The SMILES string of the molecule is Cc1cc(C#N)c(C)cc1N. The van der Waals surface area contributed by atoms with Gasteiger partial charge >= 0.3 is 0 Å². The Labute approximate surface area is 66.3 Å². The maximum absolute atomic E-state index is 8.64. The Bertz CT molecular complexity index is 321. The van der Waals surface area contributed by atoms with Crippen molar-refractivity contribution in [2.75, 3.05) is 5.73 Å². The van der Waals surface area contributed by atoms with E-state index in [1.807, 2.05) is 26.0 Å². The van der Waals surface area contributed by atoms with Crippen molar-refractivity contribution in [1.82, 2.24) is 0 Å². The lowest BCUT2D eigenvalue weighted by atomic mass is 10.1. The minimum absolute atomic E-state index is 0.705. The Hall–Kier alpha value is -1.49. The van der Waals surface area contributed by atoms with Gasteiger partial charge in [0.05, 0.1) is 11.6 Å². The summed E-state index contributed by atoms with van der Waals surface area (Å²) in [6.45, 7) is 3.78. The van der Waals surface area contributed by atoms with Crippen LogP contribution in [0.15, 0.2) is 12.1 Å². The molecule has 0 amide bonds. The molecule has 2 heteroatoms. The van der Waals surface area contributed by atoms with Gasteiger partial charge in [-0.1, -0.05) is 0 Å². The summed E-state index contributed by atoms with van der Waals surface area (Å²) in [6, 6.07) is 5.75. The van der Waals surface area contributed by atoms with Gasteiger partial charge in [0.1, 0.15) is 0 Å². The van der Waals surface area contributed by atoms with Crippen LogP contribution in [0.3, 0.4) is 0 Å². The number of anilines is 1. The van der Waals surface area contributed by atoms with E-state index in [4.69, 9.17) is 11.0 Å².